The molecule has 116 valence electrons. The highest BCUT2D eigenvalue weighted by Gasteiger charge is 2.31. The van der Waals surface area contributed by atoms with Crippen LogP contribution in [0.5, 0.6) is 0 Å². The van der Waals surface area contributed by atoms with Gasteiger partial charge < -0.3 is 4.90 Å². The third-order valence-corrected chi connectivity index (χ3v) is 4.12. The smallest absolute Gasteiger partial charge is 0.293 e. The summed E-state index contributed by atoms with van der Waals surface area (Å²) in [5.41, 5.74) is 1.62. The minimum atomic E-state index is -0.462. The summed E-state index contributed by atoms with van der Waals surface area (Å²) >= 11 is 0. The maximum absolute atomic E-state index is 13.1. The maximum Gasteiger partial charge on any atom is 0.293 e. The van der Waals surface area contributed by atoms with E-state index in [1.807, 2.05) is 11.0 Å². The van der Waals surface area contributed by atoms with Crippen LogP contribution in [-0.2, 0) is 0 Å². The number of anilines is 1. The van der Waals surface area contributed by atoms with Gasteiger partial charge in [-0.25, -0.2) is 4.39 Å². The minimum Gasteiger partial charge on any atom is -0.359 e. The van der Waals surface area contributed by atoms with Crippen LogP contribution in [0.4, 0.5) is 15.8 Å². The first-order chi connectivity index (χ1) is 11.1. The molecular weight excluding hydrogens is 297 g/mol. The minimum absolute atomic E-state index is 0.0257. The first-order valence-electron chi connectivity index (χ1n) is 7.31. The number of nitro benzene ring substituents is 1. The molecule has 0 N–H and O–H groups in total. The normalized spacial score (nSPS) is 17.0. The van der Waals surface area contributed by atoms with Crippen LogP contribution >= 0.6 is 0 Å². The number of hydrogen-bond donors (Lipinski definition) is 0. The largest absolute Gasteiger partial charge is 0.359 e. The summed E-state index contributed by atoms with van der Waals surface area (Å²) in [5, 5.41) is 20.3. The number of hydrogen-bond acceptors (Lipinski definition) is 4. The highest BCUT2D eigenvalue weighted by molar-refractivity contribution is 5.67. The van der Waals surface area contributed by atoms with E-state index in [9.17, 15) is 14.5 Å². The van der Waals surface area contributed by atoms with Crippen LogP contribution in [0.15, 0.2) is 42.5 Å². The maximum atomic E-state index is 13.1. The molecule has 3 rings (SSSR count). The molecule has 23 heavy (non-hydrogen) atoms. The zero-order chi connectivity index (χ0) is 16.4. The van der Waals surface area contributed by atoms with E-state index in [4.69, 9.17) is 5.26 Å². The lowest BCUT2D eigenvalue weighted by atomic mass is 10.0. The van der Waals surface area contributed by atoms with Crippen molar-refractivity contribution >= 4 is 11.4 Å². The third kappa shape index (κ3) is 2.86. The molecule has 5 nitrogen and oxygen atoms in total. The van der Waals surface area contributed by atoms with Gasteiger partial charge in [-0.2, -0.15) is 5.26 Å². The molecule has 0 aromatic heterocycles. The van der Waals surface area contributed by atoms with Gasteiger partial charge in [0.1, 0.15) is 11.5 Å². The van der Waals surface area contributed by atoms with Crippen LogP contribution in [0.3, 0.4) is 0 Å². The molecule has 2 aromatic carbocycles. The van der Waals surface area contributed by atoms with Crippen LogP contribution in [0, 0.1) is 27.3 Å². The van der Waals surface area contributed by atoms with Gasteiger partial charge in [-0.15, -0.1) is 0 Å². The molecule has 6 heteroatoms. The lowest BCUT2D eigenvalue weighted by Gasteiger charge is -2.27. The molecule has 0 amide bonds. The fourth-order valence-electron chi connectivity index (χ4n) is 3.07. The monoisotopic (exact) mass is 311 g/mol. The van der Waals surface area contributed by atoms with E-state index in [0.717, 1.165) is 18.4 Å². The Morgan fingerprint density at radius 3 is 2.65 bits per heavy atom. The molecule has 0 bridgehead atoms. The molecule has 0 spiro atoms. The Hall–Kier alpha value is -2.94. The van der Waals surface area contributed by atoms with Crippen molar-refractivity contribution < 1.29 is 9.31 Å². The molecule has 1 atom stereocenters. The van der Waals surface area contributed by atoms with Gasteiger partial charge in [0, 0.05) is 12.6 Å². The zero-order valence-corrected chi connectivity index (χ0v) is 12.3. The van der Waals surface area contributed by atoms with Gasteiger partial charge in [0.15, 0.2) is 0 Å². The molecule has 0 saturated carbocycles. The first-order valence-corrected chi connectivity index (χ1v) is 7.31. The van der Waals surface area contributed by atoms with Gasteiger partial charge in [-0.3, -0.25) is 10.1 Å². The Kier molecular flexibility index (Phi) is 3.94. The lowest BCUT2D eigenvalue weighted by molar-refractivity contribution is -0.384. The van der Waals surface area contributed by atoms with E-state index in [2.05, 4.69) is 0 Å². The SMILES string of the molecule is N#Cc1ccc(N2CCCC2c2ccc(F)cc2)c([N+](=O)[O-])c1. The fraction of sp³-hybridized carbons (Fsp3) is 0.235. The van der Waals surface area contributed by atoms with Crippen LogP contribution in [0.1, 0.15) is 30.0 Å². The molecular formula is C17H14FN3O2. The number of nitrogens with zero attached hydrogens (tertiary/aromatic N) is 3. The quantitative estimate of drug-likeness (QED) is 0.635. The average molecular weight is 311 g/mol. The summed E-state index contributed by atoms with van der Waals surface area (Å²) in [5.74, 6) is -0.303. The Bertz CT molecular complexity index is 783. The molecule has 1 heterocycles. The van der Waals surface area contributed by atoms with Gasteiger partial charge in [0.2, 0.25) is 0 Å². The van der Waals surface area contributed by atoms with E-state index in [-0.39, 0.29) is 23.1 Å². The lowest BCUT2D eigenvalue weighted by Crippen LogP contribution is -2.23. The highest BCUT2D eigenvalue weighted by Crippen LogP contribution is 2.40. The number of rotatable bonds is 3. The van der Waals surface area contributed by atoms with Gasteiger partial charge in [-0.1, -0.05) is 12.1 Å². The summed E-state index contributed by atoms with van der Waals surface area (Å²) in [4.78, 5) is 12.9. The second-order valence-corrected chi connectivity index (χ2v) is 5.48. The van der Waals surface area contributed by atoms with E-state index in [0.29, 0.717) is 12.2 Å². The van der Waals surface area contributed by atoms with Gasteiger partial charge in [0.05, 0.1) is 22.6 Å². The second kappa shape index (κ2) is 6.05. The Balaban J connectivity index is 2.01. The van der Waals surface area contributed by atoms with E-state index < -0.39 is 4.92 Å². The van der Waals surface area contributed by atoms with Gasteiger partial charge in [0.25, 0.3) is 5.69 Å². The Morgan fingerprint density at radius 2 is 2.00 bits per heavy atom. The van der Waals surface area contributed by atoms with Crippen molar-refractivity contribution in [2.24, 2.45) is 0 Å². The van der Waals surface area contributed by atoms with Crippen LogP contribution < -0.4 is 4.90 Å². The summed E-state index contributed by atoms with van der Waals surface area (Å²) in [6, 6.07) is 12.6. The number of halogens is 1. The van der Waals surface area contributed by atoms with Gasteiger partial charge in [-0.05, 0) is 42.7 Å². The molecule has 1 fully saturated rings. The molecule has 1 unspecified atom stereocenters. The van der Waals surface area contributed by atoms with Crippen molar-refractivity contribution in [3.8, 4) is 6.07 Å². The number of benzene rings is 2. The van der Waals surface area contributed by atoms with Crippen molar-refractivity contribution in [3.05, 3.63) is 69.5 Å². The first kappa shape index (κ1) is 15.0. The van der Waals surface area contributed by atoms with Crippen LogP contribution in [-0.4, -0.2) is 11.5 Å². The number of nitro groups is 1. The fourth-order valence-corrected chi connectivity index (χ4v) is 3.07. The Labute approximate surface area is 132 Å². The second-order valence-electron chi connectivity index (χ2n) is 5.48. The van der Waals surface area contributed by atoms with Crippen molar-refractivity contribution in [2.75, 3.05) is 11.4 Å². The molecule has 1 saturated heterocycles. The van der Waals surface area contributed by atoms with Crippen molar-refractivity contribution in [1.82, 2.24) is 0 Å². The summed E-state index contributed by atoms with van der Waals surface area (Å²) in [6.45, 7) is 0.689. The van der Waals surface area contributed by atoms with Crippen LogP contribution in [0.25, 0.3) is 0 Å². The zero-order valence-electron chi connectivity index (χ0n) is 12.3. The van der Waals surface area contributed by atoms with Crippen LogP contribution in [0.2, 0.25) is 0 Å². The standard InChI is InChI=1S/C17H14FN3O2/c18-14-6-4-13(5-7-14)15-2-1-9-20(15)16-8-3-12(11-19)10-17(16)21(22)23/h3-8,10,15H,1-2,9H2. The molecule has 1 aliphatic heterocycles. The summed E-state index contributed by atoms with van der Waals surface area (Å²) in [7, 11) is 0. The summed E-state index contributed by atoms with van der Waals surface area (Å²) < 4.78 is 13.1. The Morgan fingerprint density at radius 1 is 1.26 bits per heavy atom. The molecule has 0 aliphatic carbocycles. The van der Waals surface area contributed by atoms with Crippen molar-refractivity contribution in [3.63, 3.8) is 0 Å². The van der Waals surface area contributed by atoms with E-state index in [1.54, 1.807) is 24.3 Å². The van der Waals surface area contributed by atoms with Crippen molar-refractivity contribution in [2.45, 2.75) is 18.9 Å². The predicted octanol–water partition coefficient (Wildman–Crippen LogP) is 3.95. The van der Waals surface area contributed by atoms with Crippen molar-refractivity contribution in [1.29, 1.82) is 5.26 Å². The van der Waals surface area contributed by atoms with E-state index >= 15 is 0 Å². The topological polar surface area (TPSA) is 70.2 Å². The molecule has 1 aliphatic rings. The predicted molar refractivity (Wildman–Crippen MR) is 83.5 cm³/mol. The highest BCUT2D eigenvalue weighted by atomic mass is 19.1. The molecule has 0 radical (unpaired) electrons. The third-order valence-electron chi connectivity index (χ3n) is 4.12. The summed E-state index contributed by atoms with van der Waals surface area (Å²) in [6.07, 6.45) is 1.75. The van der Waals surface area contributed by atoms with E-state index in [1.165, 1.54) is 18.2 Å². The number of nitriles is 1. The molecule has 2 aromatic rings. The van der Waals surface area contributed by atoms with Gasteiger partial charge >= 0.3 is 0 Å². The average Bonchev–Trinajstić information content (AvgIpc) is 3.04.